The Balaban J connectivity index is 1.06. The van der Waals surface area contributed by atoms with Crippen LogP contribution in [0.25, 0.3) is 0 Å². The Labute approximate surface area is 251 Å². The highest BCUT2D eigenvalue weighted by Crippen LogP contribution is 2.49. The Hall–Kier alpha value is -1.80. The van der Waals surface area contributed by atoms with Gasteiger partial charge in [-0.3, -0.25) is 29.0 Å². The molecule has 6 aliphatic rings. The Kier molecular flexibility index (Phi) is 8.36. The Bertz CT molecular complexity index is 1030. The van der Waals surface area contributed by atoms with Gasteiger partial charge in [-0.2, -0.15) is 0 Å². The van der Waals surface area contributed by atoms with Crippen molar-refractivity contribution in [2.45, 2.75) is 142 Å². The zero-order chi connectivity index (χ0) is 29.9. The number of hydrogen-bond donors (Lipinski definition) is 0. The first-order chi connectivity index (χ1) is 19.9. The van der Waals surface area contributed by atoms with Crippen LogP contribution in [0.2, 0.25) is 0 Å². The lowest BCUT2D eigenvalue weighted by Crippen LogP contribution is -2.47. The molecule has 0 spiro atoms. The van der Waals surface area contributed by atoms with Crippen LogP contribution < -0.4 is 0 Å². The number of fused-ring (bicyclic) bond motifs is 2. The number of carbonyl (C=O) groups is 4. The van der Waals surface area contributed by atoms with Crippen molar-refractivity contribution in [3.8, 4) is 0 Å². The highest BCUT2D eigenvalue weighted by atomic mass is 16.6. The number of imide groups is 2. The molecular weight excluding hydrogens is 532 g/mol. The molecule has 6 fully saturated rings. The summed E-state index contributed by atoms with van der Waals surface area (Å²) in [6.45, 7) is 9.38. The maximum absolute atomic E-state index is 13.5. The van der Waals surface area contributed by atoms with Gasteiger partial charge in [-0.05, 0) is 101 Å². The van der Waals surface area contributed by atoms with Crippen molar-refractivity contribution in [2.75, 3.05) is 7.05 Å². The van der Waals surface area contributed by atoms with E-state index in [0.717, 1.165) is 63.7 Å². The highest BCUT2D eigenvalue weighted by molar-refractivity contribution is 6.09. The first-order valence-electron chi connectivity index (χ1n) is 16.9. The van der Waals surface area contributed by atoms with Crippen LogP contribution in [0.1, 0.15) is 111 Å². The fourth-order valence-electron chi connectivity index (χ4n) is 9.21. The maximum Gasteiger partial charge on any atom is 0.233 e. The van der Waals surface area contributed by atoms with Crippen molar-refractivity contribution in [1.29, 1.82) is 0 Å². The molecular formula is C34H52N2O6. The fourth-order valence-corrected chi connectivity index (χ4v) is 9.21. The van der Waals surface area contributed by atoms with E-state index in [9.17, 15) is 19.2 Å². The number of nitrogens with zero attached hydrogens (tertiary/aromatic N) is 2. The average molecular weight is 585 g/mol. The van der Waals surface area contributed by atoms with E-state index in [1.54, 1.807) is 0 Å². The molecule has 0 radical (unpaired) electrons. The second kappa shape index (κ2) is 11.6. The van der Waals surface area contributed by atoms with Gasteiger partial charge in [0, 0.05) is 13.1 Å². The van der Waals surface area contributed by atoms with Gasteiger partial charge >= 0.3 is 0 Å². The van der Waals surface area contributed by atoms with E-state index in [0.29, 0.717) is 24.9 Å². The first-order valence-corrected chi connectivity index (χ1v) is 16.9. The average Bonchev–Trinajstić information content (AvgIpc) is 3.33. The molecule has 8 nitrogen and oxygen atoms in total. The van der Waals surface area contributed by atoms with Crippen LogP contribution >= 0.6 is 0 Å². The summed E-state index contributed by atoms with van der Waals surface area (Å²) < 4.78 is 13.6. The highest BCUT2D eigenvalue weighted by Gasteiger charge is 2.60. The SMILES string of the molecule is CC1CCC(OC2CC(C(C)(C)C)CCC2OC2CCC(N3C(=O)C4CC5C(=O)N(C)C(=O)C5CC4C3=O)CC2)CC1. The summed E-state index contributed by atoms with van der Waals surface area (Å²) in [5, 5.41) is 0. The molecule has 0 aromatic rings. The minimum absolute atomic E-state index is 0.107. The van der Waals surface area contributed by atoms with E-state index in [4.69, 9.17) is 9.47 Å². The molecule has 4 aliphatic carbocycles. The summed E-state index contributed by atoms with van der Waals surface area (Å²) in [6, 6.07) is -0.114. The van der Waals surface area contributed by atoms with E-state index in [-0.39, 0.29) is 53.4 Å². The predicted octanol–water partition coefficient (Wildman–Crippen LogP) is 5.12. The van der Waals surface area contributed by atoms with E-state index >= 15 is 0 Å². The molecule has 7 unspecified atom stereocenters. The molecule has 2 saturated heterocycles. The molecule has 234 valence electrons. The lowest BCUT2D eigenvalue weighted by molar-refractivity contribution is -0.166. The van der Waals surface area contributed by atoms with Gasteiger partial charge in [-0.15, -0.1) is 0 Å². The van der Waals surface area contributed by atoms with E-state index in [1.807, 2.05) is 0 Å². The van der Waals surface area contributed by atoms with Crippen LogP contribution in [-0.4, -0.2) is 70.9 Å². The van der Waals surface area contributed by atoms with Crippen LogP contribution in [-0.2, 0) is 28.7 Å². The number of rotatable bonds is 5. The topological polar surface area (TPSA) is 93.2 Å². The standard InChI is InChI=1S/C34H52N2O6/c1-19-6-11-22(12-7-19)42-29-16-20(34(2,3)4)8-15-28(29)41-23-13-9-21(10-14-23)36-32(39)26-17-24-25(18-27(26)33(36)40)31(38)35(5)30(24)37/h19-29H,6-18H2,1-5H3. The number of likely N-dealkylation sites (tertiary alicyclic amines) is 2. The summed E-state index contributed by atoms with van der Waals surface area (Å²) in [4.78, 5) is 54.9. The molecule has 42 heavy (non-hydrogen) atoms. The van der Waals surface area contributed by atoms with Crippen LogP contribution in [0.15, 0.2) is 0 Å². The molecule has 0 aromatic heterocycles. The van der Waals surface area contributed by atoms with Gasteiger partial charge in [0.05, 0.1) is 48.1 Å². The van der Waals surface area contributed by atoms with Crippen molar-refractivity contribution in [2.24, 2.45) is 40.9 Å². The molecule has 0 aromatic carbocycles. The number of amides is 4. The Morgan fingerprint density at radius 1 is 0.595 bits per heavy atom. The van der Waals surface area contributed by atoms with Gasteiger partial charge in [-0.1, -0.05) is 27.7 Å². The first kappa shape index (κ1) is 30.2. The van der Waals surface area contributed by atoms with E-state index in [2.05, 4.69) is 27.7 Å². The van der Waals surface area contributed by atoms with Crippen molar-refractivity contribution >= 4 is 23.6 Å². The second-order valence-corrected chi connectivity index (χ2v) is 15.7. The minimum Gasteiger partial charge on any atom is -0.372 e. The maximum atomic E-state index is 13.5. The molecule has 2 heterocycles. The molecule has 0 bridgehead atoms. The molecule has 8 heteroatoms. The van der Waals surface area contributed by atoms with Crippen LogP contribution in [0, 0.1) is 40.9 Å². The van der Waals surface area contributed by atoms with Crippen molar-refractivity contribution < 1.29 is 28.7 Å². The Morgan fingerprint density at radius 3 is 1.60 bits per heavy atom. The van der Waals surface area contributed by atoms with Crippen molar-refractivity contribution in [3.63, 3.8) is 0 Å². The van der Waals surface area contributed by atoms with E-state index in [1.165, 1.54) is 29.7 Å². The second-order valence-electron chi connectivity index (χ2n) is 15.7. The van der Waals surface area contributed by atoms with Crippen LogP contribution in [0.3, 0.4) is 0 Å². The third-order valence-corrected chi connectivity index (χ3v) is 12.1. The number of hydrogen-bond acceptors (Lipinski definition) is 6. The lowest BCUT2D eigenvalue weighted by Gasteiger charge is -2.45. The summed E-state index contributed by atoms with van der Waals surface area (Å²) in [7, 11) is 1.51. The summed E-state index contributed by atoms with van der Waals surface area (Å²) in [5.74, 6) is -1.06. The van der Waals surface area contributed by atoms with Gasteiger partial charge in [0.1, 0.15) is 0 Å². The largest absolute Gasteiger partial charge is 0.372 e. The quantitative estimate of drug-likeness (QED) is 0.417. The van der Waals surface area contributed by atoms with Crippen LogP contribution in [0.4, 0.5) is 0 Å². The minimum atomic E-state index is -0.463. The molecule has 7 atom stereocenters. The molecule has 0 N–H and O–H groups in total. The zero-order valence-corrected chi connectivity index (χ0v) is 26.4. The summed E-state index contributed by atoms with van der Waals surface area (Å²) in [5.41, 5.74) is 0.257. The number of ether oxygens (including phenoxy) is 2. The smallest absolute Gasteiger partial charge is 0.233 e. The van der Waals surface area contributed by atoms with E-state index < -0.39 is 23.7 Å². The van der Waals surface area contributed by atoms with Gasteiger partial charge in [-0.25, -0.2) is 0 Å². The zero-order valence-electron chi connectivity index (χ0n) is 26.4. The number of carbonyl (C=O) groups excluding carboxylic acids is 4. The van der Waals surface area contributed by atoms with Crippen molar-refractivity contribution in [1.82, 2.24) is 9.80 Å². The third-order valence-electron chi connectivity index (χ3n) is 12.1. The molecule has 2 aliphatic heterocycles. The van der Waals surface area contributed by atoms with Gasteiger partial charge in [0.25, 0.3) is 0 Å². The lowest BCUT2D eigenvalue weighted by atomic mass is 9.70. The molecule has 6 rings (SSSR count). The third kappa shape index (κ3) is 5.60. The summed E-state index contributed by atoms with van der Waals surface area (Å²) >= 11 is 0. The Morgan fingerprint density at radius 2 is 1.07 bits per heavy atom. The van der Waals surface area contributed by atoms with Crippen molar-refractivity contribution in [3.05, 3.63) is 0 Å². The van der Waals surface area contributed by atoms with Crippen LogP contribution in [0.5, 0.6) is 0 Å². The molecule has 4 amide bonds. The monoisotopic (exact) mass is 584 g/mol. The fraction of sp³-hybridized carbons (Fsp3) is 0.882. The summed E-state index contributed by atoms with van der Waals surface area (Å²) in [6.07, 6.45) is 12.5. The predicted molar refractivity (Wildman–Crippen MR) is 157 cm³/mol. The van der Waals surface area contributed by atoms with Gasteiger partial charge in [0.15, 0.2) is 0 Å². The normalized spacial score (nSPS) is 43.1. The molecule has 4 saturated carbocycles. The van der Waals surface area contributed by atoms with Gasteiger partial charge in [0.2, 0.25) is 23.6 Å². The van der Waals surface area contributed by atoms with Gasteiger partial charge < -0.3 is 9.47 Å².